The molecule has 0 saturated carbocycles. The molecule has 0 aromatic heterocycles. The largest absolute Gasteiger partial charge is 0.481 e. The summed E-state index contributed by atoms with van der Waals surface area (Å²) in [5.41, 5.74) is 1.10. The van der Waals surface area contributed by atoms with Crippen LogP contribution >= 0.6 is 0 Å². The fourth-order valence-electron chi connectivity index (χ4n) is 1.62. The molecule has 0 aliphatic rings. The normalized spacial score (nSPS) is 13.7. The van der Waals surface area contributed by atoms with Gasteiger partial charge in [0, 0.05) is 0 Å². The van der Waals surface area contributed by atoms with Crippen molar-refractivity contribution < 1.29 is 22.7 Å². The maximum Gasteiger partial charge on any atom is 0.405 e. The van der Waals surface area contributed by atoms with E-state index in [-0.39, 0.29) is 5.41 Å². The molecule has 0 heterocycles. The molecular weight excluding hydrogens is 283 g/mol. The highest BCUT2D eigenvalue weighted by Gasteiger charge is 2.29. The number of hydrogen-bond acceptors (Lipinski definition) is 2. The van der Waals surface area contributed by atoms with Crippen LogP contribution in [0.2, 0.25) is 0 Å². The number of nitrogens with one attached hydrogen (secondary N) is 1. The molecule has 1 aromatic rings. The highest BCUT2D eigenvalue weighted by atomic mass is 19.4. The first-order valence-electron chi connectivity index (χ1n) is 6.61. The molecule has 21 heavy (non-hydrogen) atoms. The van der Waals surface area contributed by atoms with Crippen LogP contribution in [-0.4, -0.2) is 24.7 Å². The van der Waals surface area contributed by atoms with Gasteiger partial charge < -0.3 is 10.1 Å². The van der Waals surface area contributed by atoms with Gasteiger partial charge in [-0.3, -0.25) is 4.79 Å². The Morgan fingerprint density at radius 2 is 1.71 bits per heavy atom. The highest BCUT2D eigenvalue weighted by Crippen LogP contribution is 2.24. The Bertz CT molecular complexity index is 475. The minimum atomic E-state index is -4.43. The predicted octanol–water partition coefficient (Wildman–Crippen LogP) is 3.43. The zero-order valence-electron chi connectivity index (χ0n) is 12.5. The SMILES string of the molecule is CC(Oc1ccc(C(C)(C)C)cc1)C(=O)NCC(F)(F)F. The van der Waals surface area contributed by atoms with Crippen LogP contribution in [0.1, 0.15) is 33.3 Å². The molecule has 118 valence electrons. The number of ether oxygens (including phenoxy) is 1. The number of carbonyl (C=O) groups is 1. The third-order valence-electron chi connectivity index (χ3n) is 2.87. The lowest BCUT2D eigenvalue weighted by molar-refractivity contribution is -0.142. The lowest BCUT2D eigenvalue weighted by Gasteiger charge is -2.20. The number of carbonyl (C=O) groups excluding carboxylic acids is 1. The average molecular weight is 303 g/mol. The van der Waals surface area contributed by atoms with Crippen LogP contribution in [0.15, 0.2) is 24.3 Å². The molecule has 0 fully saturated rings. The standard InChI is InChI=1S/C15H20F3NO2/c1-10(13(20)19-9-15(16,17)18)21-12-7-5-11(6-8-12)14(2,3)4/h5-8,10H,9H2,1-4H3,(H,19,20). The van der Waals surface area contributed by atoms with Crippen molar-refractivity contribution in [3.63, 3.8) is 0 Å². The van der Waals surface area contributed by atoms with Crippen molar-refractivity contribution in [2.24, 2.45) is 0 Å². The van der Waals surface area contributed by atoms with Crippen LogP contribution in [0.5, 0.6) is 5.75 Å². The maximum absolute atomic E-state index is 12.0. The van der Waals surface area contributed by atoms with Crippen LogP contribution in [-0.2, 0) is 10.2 Å². The Hall–Kier alpha value is -1.72. The number of benzene rings is 1. The van der Waals surface area contributed by atoms with Gasteiger partial charge in [-0.05, 0) is 30.0 Å². The second-order valence-electron chi connectivity index (χ2n) is 5.87. The zero-order valence-corrected chi connectivity index (χ0v) is 12.5. The van der Waals surface area contributed by atoms with Gasteiger partial charge in [0.25, 0.3) is 5.91 Å². The van der Waals surface area contributed by atoms with Crippen molar-refractivity contribution in [1.82, 2.24) is 5.32 Å². The van der Waals surface area contributed by atoms with Crippen LogP contribution in [0.4, 0.5) is 13.2 Å². The van der Waals surface area contributed by atoms with E-state index in [4.69, 9.17) is 4.74 Å². The van der Waals surface area contributed by atoms with Crippen molar-refractivity contribution in [1.29, 1.82) is 0 Å². The van der Waals surface area contributed by atoms with Gasteiger partial charge >= 0.3 is 6.18 Å². The molecule has 0 bridgehead atoms. The van der Waals surface area contributed by atoms with E-state index in [0.29, 0.717) is 5.75 Å². The fraction of sp³-hybridized carbons (Fsp3) is 0.533. The Labute approximate surface area is 122 Å². The summed E-state index contributed by atoms with van der Waals surface area (Å²) in [5.74, 6) is -0.357. The Kier molecular flexibility index (Phi) is 5.25. The third-order valence-corrected chi connectivity index (χ3v) is 2.87. The molecule has 0 aliphatic carbocycles. The Morgan fingerprint density at radius 3 is 2.14 bits per heavy atom. The number of rotatable bonds is 4. The monoisotopic (exact) mass is 303 g/mol. The first-order valence-corrected chi connectivity index (χ1v) is 6.61. The molecule has 1 amide bonds. The average Bonchev–Trinajstić information content (AvgIpc) is 2.34. The third kappa shape index (κ3) is 6.06. The number of hydrogen-bond donors (Lipinski definition) is 1. The van der Waals surface area contributed by atoms with Gasteiger partial charge in [0.2, 0.25) is 0 Å². The van der Waals surface area contributed by atoms with Crippen LogP contribution < -0.4 is 10.1 Å². The number of amides is 1. The summed E-state index contributed by atoms with van der Waals surface area (Å²) in [6.07, 6.45) is -5.42. The molecular formula is C15H20F3NO2. The van der Waals surface area contributed by atoms with Gasteiger partial charge in [0.05, 0.1) is 0 Å². The lowest BCUT2D eigenvalue weighted by Crippen LogP contribution is -2.41. The van der Waals surface area contributed by atoms with E-state index >= 15 is 0 Å². The first-order chi connectivity index (χ1) is 9.49. The summed E-state index contributed by atoms with van der Waals surface area (Å²) in [6, 6.07) is 7.15. The van der Waals surface area contributed by atoms with Gasteiger partial charge in [-0.1, -0.05) is 32.9 Å². The van der Waals surface area contributed by atoms with E-state index in [0.717, 1.165) is 5.56 Å². The van der Waals surface area contributed by atoms with E-state index in [9.17, 15) is 18.0 Å². The number of halogens is 3. The van der Waals surface area contributed by atoms with E-state index < -0.39 is 24.7 Å². The fourth-order valence-corrected chi connectivity index (χ4v) is 1.62. The Morgan fingerprint density at radius 1 is 1.19 bits per heavy atom. The van der Waals surface area contributed by atoms with Gasteiger partial charge in [0.1, 0.15) is 12.3 Å². The summed E-state index contributed by atoms with van der Waals surface area (Å²) in [7, 11) is 0. The molecule has 0 saturated heterocycles. The van der Waals surface area contributed by atoms with Gasteiger partial charge in [-0.15, -0.1) is 0 Å². The zero-order chi connectivity index (χ0) is 16.3. The maximum atomic E-state index is 12.0. The minimum Gasteiger partial charge on any atom is -0.481 e. The minimum absolute atomic E-state index is 0.00572. The first kappa shape index (κ1) is 17.3. The van der Waals surface area contributed by atoms with E-state index in [1.165, 1.54) is 6.92 Å². The predicted molar refractivity (Wildman–Crippen MR) is 74.3 cm³/mol. The molecule has 1 atom stereocenters. The van der Waals surface area contributed by atoms with E-state index in [1.54, 1.807) is 17.4 Å². The van der Waals surface area contributed by atoms with E-state index in [1.807, 2.05) is 12.1 Å². The van der Waals surface area contributed by atoms with Crippen molar-refractivity contribution in [2.75, 3.05) is 6.54 Å². The summed E-state index contributed by atoms with van der Waals surface area (Å²) < 4.78 is 41.4. The van der Waals surface area contributed by atoms with Crippen LogP contribution in [0, 0.1) is 0 Å². The second kappa shape index (κ2) is 6.37. The molecule has 1 rings (SSSR count). The van der Waals surface area contributed by atoms with E-state index in [2.05, 4.69) is 20.8 Å². The molecule has 3 nitrogen and oxygen atoms in total. The summed E-state index contributed by atoms with van der Waals surface area (Å²) in [6.45, 7) is 6.24. The van der Waals surface area contributed by atoms with Crippen molar-refractivity contribution in [2.45, 2.75) is 45.4 Å². The lowest BCUT2D eigenvalue weighted by atomic mass is 9.87. The van der Waals surface area contributed by atoms with Gasteiger partial charge in [0.15, 0.2) is 6.10 Å². The molecule has 1 aromatic carbocycles. The summed E-state index contributed by atoms with van der Waals surface area (Å²) in [4.78, 5) is 11.5. The van der Waals surface area contributed by atoms with Gasteiger partial charge in [-0.2, -0.15) is 13.2 Å². The molecule has 1 N–H and O–H groups in total. The van der Waals surface area contributed by atoms with Crippen molar-refractivity contribution in [3.05, 3.63) is 29.8 Å². The smallest absolute Gasteiger partial charge is 0.405 e. The van der Waals surface area contributed by atoms with Gasteiger partial charge in [-0.25, -0.2) is 0 Å². The molecule has 6 heteroatoms. The second-order valence-corrected chi connectivity index (χ2v) is 5.87. The van der Waals surface area contributed by atoms with Crippen LogP contribution in [0.25, 0.3) is 0 Å². The molecule has 0 aliphatic heterocycles. The Balaban J connectivity index is 2.58. The molecule has 0 radical (unpaired) electrons. The summed E-state index contributed by atoms with van der Waals surface area (Å²) >= 11 is 0. The molecule has 1 unspecified atom stereocenters. The van der Waals surface area contributed by atoms with Crippen LogP contribution in [0.3, 0.4) is 0 Å². The molecule has 0 spiro atoms. The van der Waals surface area contributed by atoms with Crippen molar-refractivity contribution >= 4 is 5.91 Å². The number of alkyl halides is 3. The van der Waals surface area contributed by atoms with Crippen molar-refractivity contribution in [3.8, 4) is 5.75 Å². The highest BCUT2D eigenvalue weighted by molar-refractivity contribution is 5.80. The quantitative estimate of drug-likeness (QED) is 0.925. The topological polar surface area (TPSA) is 38.3 Å². The summed E-state index contributed by atoms with van der Waals surface area (Å²) in [5, 5.41) is 1.79.